The van der Waals surface area contributed by atoms with Crippen molar-refractivity contribution in [2.75, 3.05) is 17.8 Å². The highest BCUT2D eigenvalue weighted by Crippen LogP contribution is 2.40. The zero-order valence-corrected chi connectivity index (χ0v) is 21.4. The van der Waals surface area contributed by atoms with Gasteiger partial charge in [0.25, 0.3) is 10.0 Å². The van der Waals surface area contributed by atoms with Crippen LogP contribution in [-0.4, -0.2) is 38.2 Å². The minimum atomic E-state index is -4.71. The largest absolute Gasteiger partial charge is 0.485 e. The van der Waals surface area contributed by atoms with E-state index < -0.39 is 39.1 Å². The summed E-state index contributed by atoms with van der Waals surface area (Å²) in [5.41, 5.74) is -2.06. The van der Waals surface area contributed by atoms with Gasteiger partial charge in [-0.1, -0.05) is 17.7 Å². The van der Waals surface area contributed by atoms with Crippen molar-refractivity contribution in [3.63, 3.8) is 0 Å². The van der Waals surface area contributed by atoms with Crippen molar-refractivity contribution in [1.29, 1.82) is 0 Å². The predicted octanol–water partition coefficient (Wildman–Crippen LogP) is 5.78. The van der Waals surface area contributed by atoms with Crippen LogP contribution < -0.4 is 19.5 Å². The van der Waals surface area contributed by atoms with Crippen molar-refractivity contribution in [3.05, 3.63) is 76.8 Å². The molecular formula is C25H22ClF3N2O6S. The van der Waals surface area contributed by atoms with Crippen LogP contribution in [0.4, 0.5) is 18.9 Å². The van der Waals surface area contributed by atoms with Gasteiger partial charge in [-0.25, -0.2) is 13.2 Å². The third kappa shape index (κ3) is 6.32. The summed E-state index contributed by atoms with van der Waals surface area (Å²) in [6.07, 6.45) is -4.23. The third-order valence-electron chi connectivity index (χ3n) is 5.75. The van der Waals surface area contributed by atoms with Gasteiger partial charge in [0.1, 0.15) is 22.8 Å². The van der Waals surface area contributed by atoms with Crippen LogP contribution in [0.1, 0.15) is 29.3 Å². The number of benzene rings is 3. The number of sulfonamides is 1. The first-order valence-electron chi connectivity index (χ1n) is 11.2. The van der Waals surface area contributed by atoms with E-state index in [0.717, 1.165) is 24.3 Å². The lowest BCUT2D eigenvalue weighted by Crippen LogP contribution is -2.35. The molecule has 38 heavy (non-hydrogen) atoms. The topological polar surface area (TPSA) is 114 Å². The smallest absolute Gasteiger partial charge is 0.419 e. The molecule has 0 radical (unpaired) electrons. The highest BCUT2D eigenvalue weighted by Gasteiger charge is 2.38. The number of hydrogen-bond donors (Lipinski definition) is 3. The average molecular weight is 571 g/mol. The molecular weight excluding hydrogens is 549 g/mol. The number of carboxylic acids is 1. The first-order chi connectivity index (χ1) is 17.8. The molecule has 1 aliphatic rings. The summed E-state index contributed by atoms with van der Waals surface area (Å²) in [4.78, 5) is 10.9. The molecule has 1 fully saturated rings. The highest BCUT2D eigenvalue weighted by molar-refractivity contribution is 7.92. The van der Waals surface area contributed by atoms with Gasteiger partial charge in [0, 0.05) is 19.0 Å². The number of aromatic carboxylic acids is 1. The molecule has 13 heteroatoms. The van der Waals surface area contributed by atoms with Crippen LogP contribution in [0.3, 0.4) is 0 Å². The average Bonchev–Trinajstić information content (AvgIpc) is 3.25. The standard InChI is InChI=1S/C25H22ClF3N2O6S/c1-24(9-10-30-14-24)37-22-12-16(5-7-19(22)25(27,28)29)31-38(34,35)18-6-8-21(20(26)13-18)36-17-4-2-3-15(11-17)23(32)33/h2-8,11-13,30-31H,9-10,14H2,1H3,(H,32,33)/t24-/m1/s1. The monoisotopic (exact) mass is 570 g/mol. The van der Waals surface area contributed by atoms with E-state index in [2.05, 4.69) is 10.0 Å². The fourth-order valence-electron chi connectivity index (χ4n) is 3.82. The Labute approximate surface area is 221 Å². The van der Waals surface area contributed by atoms with Crippen LogP contribution in [0.2, 0.25) is 5.02 Å². The second-order valence-electron chi connectivity index (χ2n) is 8.82. The Morgan fingerprint density at radius 3 is 2.50 bits per heavy atom. The molecule has 1 atom stereocenters. The van der Waals surface area contributed by atoms with E-state index in [4.69, 9.17) is 26.2 Å². The number of rotatable bonds is 8. The number of nitrogens with one attached hydrogen (secondary N) is 2. The van der Waals surface area contributed by atoms with Gasteiger partial charge in [0.2, 0.25) is 0 Å². The number of carbonyl (C=O) groups is 1. The fourth-order valence-corrected chi connectivity index (χ4v) is 5.18. The molecule has 0 amide bonds. The SMILES string of the molecule is C[C@@]1(Oc2cc(NS(=O)(=O)c3ccc(Oc4cccc(C(=O)O)c4)c(Cl)c3)ccc2C(F)(F)F)CCNC1. The highest BCUT2D eigenvalue weighted by atomic mass is 35.5. The second-order valence-corrected chi connectivity index (χ2v) is 10.9. The molecule has 202 valence electrons. The molecule has 3 aromatic rings. The summed E-state index contributed by atoms with van der Waals surface area (Å²) in [5, 5.41) is 12.1. The van der Waals surface area contributed by atoms with Crippen LogP contribution in [0.5, 0.6) is 17.2 Å². The van der Waals surface area contributed by atoms with Crippen LogP contribution in [0, 0.1) is 0 Å². The summed E-state index contributed by atoms with van der Waals surface area (Å²) < 4.78 is 80.3. The lowest BCUT2D eigenvalue weighted by molar-refractivity contribution is -0.139. The molecule has 3 N–H and O–H groups in total. The van der Waals surface area contributed by atoms with Crippen molar-refractivity contribution in [1.82, 2.24) is 5.32 Å². The van der Waals surface area contributed by atoms with Crippen molar-refractivity contribution in [3.8, 4) is 17.2 Å². The van der Waals surface area contributed by atoms with Crippen LogP contribution in [0.25, 0.3) is 0 Å². The molecule has 1 heterocycles. The van der Waals surface area contributed by atoms with Crippen LogP contribution >= 0.6 is 11.6 Å². The number of carboxylic acid groups (broad SMARTS) is 1. The Morgan fingerprint density at radius 2 is 1.87 bits per heavy atom. The van der Waals surface area contributed by atoms with Gasteiger partial charge in [0.05, 0.1) is 26.7 Å². The molecule has 0 aromatic heterocycles. The summed E-state index contributed by atoms with van der Waals surface area (Å²) in [7, 11) is -4.27. The zero-order chi connectivity index (χ0) is 27.7. The number of hydrogen-bond acceptors (Lipinski definition) is 6. The van der Waals surface area contributed by atoms with E-state index in [0.29, 0.717) is 19.5 Å². The summed E-state index contributed by atoms with van der Waals surface area (Å²) in [5.74, 6) is -1.41. The minimum absolute atomic E-state index is 0.0138. The van der Waals surface area contributed by atoms with Crippen LogP contribution in [0.15, 0.2) is 65.6 Å². The van der Waals surface area contributed by atoms with E-state index in [-0.39, 0.29) is 32.7 Å². The van der Waals surface area contributed by atoms with E-state index >= 15 is 0 Å². The van der Waals surface area contributed by atoms with Gasteiger partial charge < -0.3 is 19.9 Å². The lowest BCUT2D eigenvalue weighted by atomic mass is 10.1. The van der Waals surface area contributed by atoms with Crippen molar-refractivity contribution in [2.45, 2.75) is 30.0 Å². The maximum absolute atomic E-state index is 13.6. The molecule has 3 aromatic carbocycles. The number of alkyl halides is 3. The molecule has 0 bridgehead atoms. The van der Waals surface area contributed by atoms with Gasteiger partial charge >= 0.3 is 12.1 Å². The minimum Gasteiger partial charge on any atom is -0.485 e. The van der Waals surface area contributed by atoms with E-state index in [9.17, 15) is 26.4 Å². The molecule has 0 spiro atoms. The summed E-state index contributed by atoms with van der Waals surface area (Å²) in [6, 6.07) is 12.0. The van der Waals surface area contributed by atoms with Gasteiger partial charge in [0.15, 0.2) is 0 Å². The molecule has 4 rings (SSSR count). The van der Waals surface area contributed by atoms with Crippen LogP contribution in [-0.2, 0) is 16.2 Å². The van der Waals surface area contributed by atoms with E-state index in [1.807, 2.05) is 0 Å². The lowest BCUT2D eigenvalue weighted by Gasteiger charge is -2.27. The van der Waals surface area contributed by atoms with Gasteiger partial charge in [-0.3, -0.25) is 4.72 Å². The number of halogens is 4. The van der Waals surface area contributed by atoms with E-state index in [1.54, 1.807) is 6.92 Å². The maximum Gasteiger partial charge on any atom is 0.419 e. The first kappa shape index (κ1) is 27.6. The van der Waals surface area contributed by atoms with Crippen molar-refractivity contribution in [2.24, 2.45) is 0 Å². The Bertz CT molecular complexity index is 1470. The molecule has 8 nitrogen and oxygen atoms in total. The van der Waals surface area contributed by atoms with Gasteiger partial charge in [-0.05, 0) is 62.0 Å². The Hall–Kier alpha value is -3.48. The quantitative estimate of drug-likeness (QED) is 0.314. The Morgan fingerprint density at radius 1 is 1.11 bits per heavy atom. The summed E-state index contributed by atoms with van der Waals surface area (Å²) >= 11 is 6.21. The Balaban J connectivity index is 1.57. The van der Waals surface area contributed by atoms with Crippen molar-refractivity contribution >= 4 is 33.3 Å². The fraction of sp³-hybridized carbons (Fsp3) is 0.240. The van der Waals surface area contributed by atoms with Crippen molar-refractivity contribution < 1.29 is 41.0 Å². The molecule has 0 aliphatic carbocycles. The Kier molecular flexibility index (Phi) is 7.51. The first-order valence-corrected chi connectivity index (χ1v) is 13.1. The molecule has 1 saturated heterocycles. The second kappa shape index (κ2) is 10.4. The predicted molar refractivity (Wildman–Crippen MR) is 134 cm³/mol. The summed E-state index contributed by atoms with van der Waals surface area (Å²) in [6.45, 7) is 2.59. The molecule has 0 unspecified atom stereocenters. The number of anilines is 1. The molecule has 1 aliphatic heterocycles. The zero-order valence-electron chi connectivity index (χ0n) is 19.8. The van der Waals surface area contributed by atoms with E-state index in [1.165, 1.54) is 36.4 Å². The third-order valence-corrected chi connectivity index (χ3v) is 7.42. The maximum atomic E-state index is 13.6. The molecule has 0 saturated carbocycles. The number of ether oxygens (including phenoxy) is 2. The normalized spacial score (nSPS) is 17.7. The van der Waals surface area contributed by atoms with Gasteiger partial charge in [-0.15, -0.1) is 0 Å². The van der Waals surface area contributed by atoms with Gasteiger partial charge in [-0.2, -0.15) is 13.2 Å².